The van der Waals surface area contributed by atoms with Crippen LogP contribution in [0.1, 0.15) is 18.4 Å². The lowest BCUT2D eigenvalue weighted by molar-refractivity contribution is 0.117. The van der Waals surface area contributed by atoms with Crippen LogP contribution in [-0.4, -0.2) is 29.2 Å². The summed E-state index contributed by atoms with van der Waals surface area (Å²) in [6.45, 7) is 0.911. The second kappa shape index (κ2) is 4.55. The zero-order chi connectivity index (χ0) is 12.5. The molecular weight excluding hydrogens is 240 g/mol. The summed E-state index contributed by atoms with van der Waals surface area (Å²) in [5, 5.41) is 9.54. The summed E-state index contributed by atoms with van der Waals surface area (Å²) in [6.07, 6.45) is 0.317. The SMILES string of the molecule is NC1(c2ccccc2Cl)CCN(C(=O)O)CC1. The molecule has 1 aliphatic heterocycles. The van der Waals surface area contributed by atoms with Crippen molar-refractivity contribution in [3.05, 3.63) is 34.9 Å². The van der Waals surface area contributed by atoms with Crippen molar-refractivity contribution in [3.63, 3.8) is 0 Å². The molecule has 1 fully saturated rings. The topological polar surface area (TPSA) is 66.6 Å². The second-order valence-electron chi connectivity index (χ2n) is 4.41. The molecule has 1 saturated heterocycles. The number of amides is 1. The molecule has 0 saturated carbocycles. The van der Waals surface area contributed by atoms with Crippen molar-refractivity contribution >= 4 is 17.7 Å². The molecule has 0 unspecified atom stereocenters. The molecular formula is C12H15ClN2O2. The molecule has 0 bridgehead atoms. The fraction of sp³-hybridized carbons (Fsp3) is 0.417. The van der Waals surface area contributed by atoms with Gasteiger partial charge in [0.15, 0.2) is 0 Å². The number of hydrogen-bond acceptors (Lipinski definition) is 2. The average molecular weight is 255 g/mol. The van der Waals surface area contributed by atoms with E-state index in [9.17, 15) is 4.79 Å². The number of benzene rings is 1. The van der Waals surface area contributed by atoms with E-state index in [0.717, 1.165) is 5.56 Å². The molecule has 92 valence electrons. The Labute approximate surface area is 105 Å². The Kier molecular flexibility index (Phi) is 3.26. The number of carbonyl (C=O) groups is 1. The Morgan fingerprint density at radius 1 is 1.35 bits per heavy atom. The van der Waals surface area contributed by atoms with Crippen LogP contribution in [0.2, 0.25) is 5.02 Å². The lowest BCUT2D eigenvalue weighted by atomic mass is 9.82. The zero-order valence-corrected chi connectivity index (χ0v) is 10.2. The van der Waals surface area contributed by atoms with Crippen molar-refractivity contribution in [2.45, 2.75) is 18.4 Å². The molecule has 4 nitrogen and oxygen atoms in total. The molecule has 17 heavy (non-hydrogen) atoms. The summed E-state index contributed by atoms with van der Waals surface area (Å²) in [4.78, 5) is 12.2. The van der Waals surface area contributed by atoms with Gasteiger partial charge in [0.1, 0.15) is 0 Å². The lowest BCUT2D eigenvalue weighted by Crippen LogP contribution is -2.49. The molecule has 1 heterocycles. The summed E-state index contributed by atoms with van der Waals surface area (Å²) in [5.74, 6) is 0. The summed E-state index contributed by atoms with van der Waals surface area (Å²) >= 11 is 6.14. The first-order valence-electron chi connectivity index (χ1n) is 5.55. The predicted octanol–water partition coefficient (Wildman–Crippen LogP) is 2.27. The van der Waals surface area contributed by atoms with Crippen LogP contribution in [-0.2, 0) is 5.54 Å². The standard InChI is InChI=1S/C12H15ClN2O2/c13-10-4-2-1-3-9(10)12(14)5-7-15(8-6-12)11(16)17/h1-4H,5-8,14H2,(H,16,17). The summed E-state index contributed by atoms with van der Waals surface area (Å²) in [6, 6.07) is 7.49. The van der Waals surface area contributed by atoms with Gasteiger partial charge < -0.3 is 15.7 Å². The van der Waals surface area contributed by atoms with Crippen molar-refractivity contribution in [1.82, 2.24) is 4.90 Å². The van der Waals surface area contributed by atoms with Gasteiger partial charge in [0.05, 0.1) is 0 Å². The molecule has 3 N–H and O–H groups in total. The first kappa shape index (κ1) is 12.2. The number of hydrogen-bond donors (Lipinski definition) is 2. The average Bonchev–Trinajstić information content (AvgIpc) is 2.30. The number of nitrogens with zero attached hydrogens (tertiary/aromatic N) is 1. The molecule has 5 heteroatoms. The zero-order valence-electron chi connectivity index (χ0n) is 9.40. The van der Waals surface area contributed by atoms with E-state index in [1.807, 2.05) is 24.3 Å². The van der Waals surface area contributed by atoms with E-state index in [-0.39, 0.29) is 0 Å². The second-order valence-corrected chi connectivity index (χ2v) is 4.81. The summed E-state index contributed by atoms with van der Waals surface area (Å²) in [7, 11) is 0. The van der Waals surface area contributed by atoms with Gasteiger partial charge in [0.25, 0.3) is 0 Å². The van der Waals surface area contributed by atoms with Crippen LogP contribution in [0.15, 0.2) is 24.3 Å². The Hall–Kier alpha value is -1.26. The minimum absolute atomic E-state index is 0.455. The van der Waals surface area contributed by atoms with Gasteiger partial charge in [-0.25, -0.2) is 4.79 Å². The third-order valence-corrected chi connectivity index (χ3v) is 3.67. The number of likely N-dealkylation sites (tertiary alicyclic amines) is 1. The van der Waals surface area contributed by atoms with E-state index in [1.165, 1.54) is 4.90 Å². The molecule has 0 atom stereocenters. The first-order chi connectivity index (χ1) is 8.03. The molecule has 1 aliphatic rings. The summed E-state index contributed by atoms with van der Waals surface area (Å²) in [5.41, 5.74) is 6.74. The minimum Gasteiger partial charge on any atom is -0.465 e. The quantitative estimate of drug-likeness (QED) is 0.808. The Balaban J connectivity index is 2.18. The lowest BCUT2D eigenvalue weighted by Gasteiger charge is -2.38. The maximum Gasteiger partial charge on any atom is 0.407 e. The van der Waals surface area contributed by atoms with Gasteiger partial charge in [0, 0.05) is 23.7 Å². The van der Waals surface area contributed by atoms with Crippen molar-refractivity contribution in [3.8, 4) is 0 Å². The van der Waals surface area contributed by atoms with E-state index in [1.54, 1.807) is 0 Å². The Bertz CT molecular complexity index is 428. The summed E-state index contributed by atoms with van der Waals surface area (Å²) < 4.78 is 0. The van der Waals surface area contributed by atoms with E-state index >= 15 is 0 Å². The first-order valence-corrected chi connectivity index (χ1v) is 5.92. The highest BCUT2D eigenvalue weighted by Gasteiger charge is 2.35. The van der Waals surface area contributed by atoms with Crippen LogP contribution < -0.4 is 5.73 Å². The molecule has 0 aliphatic carbocycles. The molecule has 0 aromatic heterocycles. The van der Waals surface area contributed by atoms with Gasteiger partial charge in [0.2, 0.25) is 0 Å². The molecule has 0 radical (unpaired) electrons. The highest BCUT2D eigenvalue weighted by Crippen LogP contribution is 2.34. The van der Waals surface area contributed by atoms with Gasteiger partial charge in [-0.15, -0.1) is 0 Å². The number of rotatable bonds is 1. The highest BCUT2D eigenvalue weighted by atomic mass is 35.5. The van der Waals surface area contributed by atoms with Crippen molar-refractivity contribution in [2.75, 3.05) is 13.1 Å². The monoisotopic (exact) mass is 254 g/mol. The number of halogens is 1. The Morgan fingerprint density at radius 3 is 2.47 bits per heavy atom. The van der Waals surface area contributed by atoms with E-state index < -0.39 is 11.6 Å². The maximum absolute atomic E-state index is 10.8. The largest absolute Gasteiger partial charge is 0.465 e. The Morgan fingerprint density at radius 2 is 1.94 bits per heavy atom. The van der Waals surface area contributed by atoms with Crippen LogP contribution in [0.3, 0.4) is 0 Å². The van der Waals surface area contributed by atoms with E-state index in [0.29, 0.717) is 31.0 Å². The van der Waals surface area contributed by atoms with Crippen LogP contribution in [0, 0.1) is 0 Å². The number of piperidine rings is 1. The third kappa shape index (κ3) is 2.37. The van der Waals surface area contributed by atoms with Crippen molar-refractivity contribution in [1.29, 1.82) is 0 Å². The van der Waals surface area contributed by atoms with E-state index in [2.05, 4.69) is 0 Å². The fourth-order valence-corrected chi connectivity index (χ4v) is 2.56. The molecule has 1 amide bonds. The number of nitrogens with two attached hydrogens (primary N) is 1. The fourth-order valence-electron chi connectivity index (χ4n) is 2.23. The molecule has 2 rings (SSSR count). The predicted molar refractivity (Wildman–Crippen MR) is 66.1 cm³/mol. The van der Waals surface area contributed by atoms with Gasteiger partial charge in [-0.05, 0) is 24.5 Å². The molecule has 1 aromatic carbocycles. The number of carboxylic acid groups (broad SMARTS) is 1. The molecule has 1 aromatic rings. The van der Waals surface area contributed by atoms with Crippen LogP contribution in [0.25, 0.3) is 0 Å². The van der Waals surface area contributed by atoms with Gasteiger partial charge in [-0.1, -0.05) is 29.8 Å². The van der Waals surface area contributed by atoms with E-state index in [4.69, 9.17) is 22.4 Å². The van der Waals surface area contributed by atoms with Crippen LogP contribution >= 0.6 is 11.6 Å². The van der Waals surface area contributed by atoms with Crippen molar-refractivity contribution in [2.24, 2.45) is 5.73 Å². The van der Waals surface area contributed by atoms with Gasteiger partial charge in [-0.3, -0.25) is 0 Å². The van der Waals surface area contributed by atoms with Gasteiger partial charge >= 0.3 is 6.09 Å². The van der Waals surface area contributed by atoms with Crippen LogP contribution in [0.4, 0.5) is 4.79 Å². The smallest absolute Gasteiger partial charge is 0.407 e. The minimum atomic E-state index is -0.883. The van der Waals surface area contributed by atoms with Crippen LogP contribution in [0.5, 0.6) is 0 Å². The highest BCUT2D eigenvalue weighted by molar-refractivity contribution is 6.31. The van der Waals surface area contributed by atoms with Gasteiger partial charge in [-0.2, -0.15) is 0 Å². The third-order valence-electron chi connectivity index (χ3n) is 3.34. The normalized spacial score (nSPS) is 19.1. The maximum atomic E-state index is 10.8. The van der Waals surface area contributed by atoms with Crippen molar-refractivity contribution < 1.29 is 9.90 Å². The molecule has 0 spiro atoms.